The first-order valence-electron chi connectivity index (χ1n) is 16.9. The number of aliphatic hydroxyl groups is 1. The SMILES string of the molecule is CC[Si](CC)(CC)O[C@H]1C[C@H]2OC[C@@]2(OC(C)=O)[C@H]2[C@H](OC(=O)c3ccccc3)[C@]3(O)C[C@H]([O-])C(C)=C([C@@H](OC)C(=O)[C@]12C)C3(C)C.[Li+]. The molecule has 2 bridgehead atoms. The van der Waals surface area contributed by atoms with E-state index in [-0.39, 0.29) is 49.7 Å². The van der Waals surface area contributed by atoms with Crippen LogP contribution in [0.15, 0.2) is 41.5 Å². The minimum atomic E-state index is -2.40. The van der Waals surface area contributed by atoms with E-state index in [4.69, 9.17) is 23.4 Å². The van der Waals surface area contributed by atoms with Crippen LogP contribution < -0.4 is 24.0 Å². The summed E-state index contributed by atoms with van der Waals surface area (Å²) < 4.78 is 32.0. The third kappa shape index (κ3) is 5.61. The Morgan fingerprint density at radius 1 is 1.08 bits per heavy atom. The Morgan fingerprint density at radius 3 is 2.19 bits per heavy atom. The zero-order valence-corrected chi connectivity index (χ0v) is 31.2. The second kappa shape index (κ2) is 13.7. The number of ether oxygens (including phenoxy) is 4. The number of esters is 2. The first-order chi connectivity index (χ1) is 22.0. The zero-order valence-electron chi connectivity index (χ0n) is 30.2. The van der Waals surface area contributed by atoms with Crippen molar-refractivity contribution in [3.8, 4) is 0 Å². The van der Waals surface area contributed by atoms with E-state index >= 15 is 4.79 Å². The first kappa shape index (κ1) is 39.0. The molecule has 12 heteroatoms. The van der Waals surface area contributed by atoms with Crippen LogP contribution in [0.3, 0.4) is 0 Å². The maximum Gasteiger partial charge on any atom is 1.00 e. The van der Waals surface area contributed by atoms with Crippen molar-refractivity contribution in [1.29, 1.82) is 0 Å². The minimum Gasteiger partial charge on any atom is -0.849 e. The molecule has 1 N–H and O–H groups in total. The summed E-state index contributed by atoms with van der Waals surface area (Å²) in [4.78, 5) is 42.4. The number of hydrogen-bond donors (Lipinski definition) is 1. The fourth-order valence-corrected chi connectivity index (χ4v) is 12.2. The van der Waals surface area contributed by atoms with Gasteiger partial charge in [0.2, 0.25) is 0 Å². The van der Waals surface area contributed by atoms with E-state index in [2.05, 4.69) is 20.8 Å². The van der Waals surface area contributed by atoms with Crippen LogP contribution >= 0.6 is 0 Å². The molecule has 10 nitrogen and oxygen atoms in total. The van der Waals surface area contributed by atoms with Crippen molar-refractivity contribution < 1.29 is 66.8 Å². The number of carbonyl (C=O) groups is 3. The number of methoxy groups -OCH3 is 1. The molecule has 1 aromatic rings. The third-order valence-electron chi connectivity index (χ3n) is 12.4. The van der Waals surface area contributed by atoms with Crippen molar-refractivity contribution in [1.82, 2.24) is 0 Å². The van der Waals surface area contributed by atoms with E-state index < -0.39 is 78.7 Å². The van der Waals surface area contributed by atoms with E-state index in [9.17, 15) is 19.8 Å². The Morgan fingerprint density at radius 2 is 1.69 bits per heavy atom. The predicted molar refractivity (Wildman–Crippen MR) is 174 cm³/mol. The molecule has 1 saturated heterocycles. The van der Waals surface area contributed by atoms with E-state index in [1.165, 1.54) is 14.0 Å². The van der Waals surface area contributed by atoms with Gasteiger partial charge in [-0.25, -0.2) is 4.79 Å². The van der Waals surface area contributed by atoms with Gasteiger partial charge in [0, 0.05) is 25.9 Å². The molecule has 0 unspecified atom stereocenters. The van der Waals surface area contributed by atoms with Gasteiger partial charge in [-0.1, -0.05) is 58.4 Å². The molecule has 1 aliphatic heterocycles. The molecular weight excluding hydrogens is 627 g/mol. The summed E-state index contributed by atoms with van der Waals surface area (Å²) in [5.74, 6) is -2.84. The van der Waals surface area contributed by atoms with Gasteiger partial charge in [-0.3, -0.25) is 9.59 Å². The normalized spacial score (nSPS) is 37.1. The molecule has 0 spiro atoms. The Kier molecular flexibility index (Phi) is 11.1. The smallest absolute Gasteiger partial charge is 0.849 e. The summed E-state index contributed by atoms with van der Waals surface area (Å²) in [6, 6.07) is 10.8. The van der Waals surface area contributed by atoms with E-state index in [1.54, 1.807) is 58.0 Å². The Bertz CT molecular complexity index is 1420. The molecule has 1 heterocycles. The van der Waals surface area contributed by atoms with E-state index in [1.807, 2.05) is 0 Å². The molecule has 48 heavy (non-hydrogen) atoms. The van der Waals surface area contributed by atoms with Gasteiger partial charge in [0.05, 0.1) is 29.6 Å². The average molecular weight is 679 g/mol. The monoisotopic (exact) mass is 678 g/mol. The van der Waals surface area contributed by atoms with Crippen LogP contribution in [-0.2, 0) is 33.0 Å². The largest absolute Gasteiger partial charge is 1.00 e. The second-order valence-electron chi connectivity index (χ2n) is 14.7. The molecule has 5 rings (SSSR count). The topological polar surface area (TPSA) is 141 Å². The van der Waals surface area contributed by atoms with Crippen LogP contribution in [0.25, 0.3) is 0 Å². The van der Waals surface area contributed by atoms with Gasteiger partial charge in [0.1, 0.15) is 23.9 Å². The minimum absolute atomic E-state index is 0. The van der Waals surface area contributed by atoms with Crippen molar-refractivity contribution in [2.45, 2.75) is 128 Å². The van der Waals surface area contributed by atoms with Crippen LogP contribution in [0.5, 0.6) is 0 Å². The predicted octanol–water partition coefficient (Wildman–Crippen LogP) is 1.14. The molecule has 4 aliphatic rings. The fourth-order valence-electron chi connectivity index (χ4n) is 9.29. The van der Waals surface area contributed by atoms with E-state index in [0.717, 1.165) is 18.1 Å². The molecule has 0 amide bonds. The van der Waals surface area contributed by atoms with E-state index in [0.29, 0.717) is 11.1 Å². The van der Waals surface area contributed by atoms with Crippen molar-refractivity contribution in [2.75, 3.05) is 13.7 Å². The number of fused-ring (bicyclic) bond motifs is 5. The molecule has 0 aromatic heterocycles. The maximum absolute atomic E-state index is 15.5. The standard InChI is InChI=1S/C36H51O10Si.Li/c1-10-47(11-2,12-3)46-25-18-26-35(20-43-26,45-22(5)37)29-31(44-32(40)23-16-14-13-15-17-23)36(41)19-24(38)21(4)27(33(36,6)7)28(42-9)30(39)34(25,29)8;/h13-17,24-26,28-29,31,41H,10-12,18-20H2,1-9H3;/q-1;+1/t24-,25-,26+,28+,29-,31-,34+,35-,36+;/m0./s1. The van der Waals surface area contributed by atoms with Crippen LogP contribution in [0.2, 0.25) is 18.1 Å². The van der Waals surface area contributed by atoms with Gasteiger partial charge in [0.25, 0.3) is 0 Å². The Labute approximate surface area is 297 Å². The Balaban J connectivity index is 0.00000520. The summed E-state index contributed by atoms with van der Waals surface area (Å²) in [6.45, 7) is 14.5. The number of ketones is 1. The van der Waals surface area contributed by atoms with Gasteiger partial charge in [-0.15, -0.1) is 6.10 Å². The molecule has 9 atom stereocenters. The maximum atomic E-state index is 15.5. The van der Waals surface area contributed by atoms with Gasteiger partial charge in [-0.2, -0.15) is 0 Å². The van der Waals surface area contributed by atoms with Crippen molar-refractivity contribution in [3.63, 3.8) is 0 Å². The molecule has 2 saturated carbocycles. The first-order valence-corrected chi connectivity index (χ1v) is 19.5. The number of rotatable bonds is 9. The average Bonchev–Trinajstić information content (AvgIpc) is 3.03. The summed E-state index contributed by atoms with van der Waals surface area (Å²) in [7, 11) is -0.969. The number of hydrogen-bond acceptors (Lipinski definition) is 10. The number of benzene rings is 1. The Hall–Kier alpha value is -1.82. The molecule has 3 aliphatic carbocycles. The van der Waals surface area contributed by atoms with Crippen LogP contribution in [0, 0.1) is 16.7 Å². The number of carbonyl (C=O) groups excluding carboxylic acids is 3. The molecule has 3 fully saturated rings. The van der Waals surface area contributed by atoms with Crippen LogP contribution in [0.1, 0.15) is 78.6 Å². The fraction of sp³-hybridized carbons (Fsp3) is 0.694. The van der Waals surface area contributed by atoms with Crippen LogP contribution in [-0.4, -0.2) is 86.6 Å². The summed E-state index contributed by atoms with van der Waals surface area (Å²) >= 11 is 0. The van der Waals surface area contributed by atoms with Gasteiger partial charge in [0.15, 0.2) is 19.7 Å². The van der Waals surface area contributed by atoms with Gasteiger partial charge >= 0.3 is 30.8 Å². The number of Topliss-reactive ketones (excluding diaryl/α,β-unsaturated/α-hetero) is 1. The molecule has 0 radical (unpaired) electrons. The van der Waals surface area contributed by atoms with Crippen LogP contribution in [0.4, 0.5) is 0 Å². The second-order valence-corrected chi connectivity index (χ2v) is 19.4. The van der Waals surface area contributed by atoms with Gasteiger partial charge in [-0.05, 0) is 56.1 Å². The van der Waals surface area contributed by atoms with Crippen molar-refractivity contribution in [2.24, 2.45) is 16.7 Å². The van der Waals surface area contributed by atoms with Gasteiger partial charge < -0.3 is 33.6 Å². The molecular formula is C36H51LiO10Si. The third-order valence-corrected chi connectivity index (χ3v) is 17.1. The zero-order chi connectivity index (χ0) is 34.7. The summed E-state index contributed by atoms with van der Waals surface area (Å²) in [5, 5.41) is 27.1. The van der Waals surface area contributed by atoms with Crippen molar-refractivity contribution >= 4 is 26.0 Å². The molecule has 1 aromatic carbocycles. The quantitative estimate of drug-likeness (QED) is 0.230. The van der Waals surface area contributed by atoms with Crippen molar-refractivity contribution in [3.05, 3.63) is 47.0 Å². The molecule has 260 valence electrons. The summed E-state index contributed by atoms with van der Waals surface area (Å²) in [6.07, 6.45) is -5.59. The summed E-state index contributed by atoms with van der Waals surface area (Å²) in [5.41, 5.74) is -5.21.